The van der Waals surface area contributed by atoms with Crippen molar-refractivity contribution < 1.29 is 35.9 Å². The van der Waals surface area contributed by atoms with Crippen molar-refractivity contribution in [3.05, 3.63) is 29.6 Å². The topological polar surface area (TPSA) is 38.3 Å². The van der Waals surface area contributed by atoms with Gasteiger partial charge in [-0.05, 0) is 18.2 Å². The highest BCUT2D eigenvalue weighted by Gasteiger charge is 2.50. The fourth-order valence-electron chi connectivity index (χ4n) is 1.82. The number of carbonyl (C=O) groups is 1. The first kappa shape index (κ1) is 15.5. The maximum atomic E-state index is 13.4. The van der Waals surface area contributed by atoms with E-state index in [1.165, 1.54) is 0 Å². The van der Waals surface area contributed by atoms with Crippen molar-refractivity contribution in [2.24, 2.45) is 0 Å². The Kier molecular flexibility index (Phi) is 3.77. The monoisotopic (exact) mass is 313 g/mol. The van der Waals surface area contributed by atoms with Crippen LogP contribution in [0, 0.1) is 5.82 Å². The van der Waals surface area contributed by atoms with Crippen LogP contribution in [0.15, 0.2) is 18.2 Å². The molecule has 1 atom stereocenters. The van der Waals surface area contributed by atoms with Gasteiger partial charge in [0.05, 0.1) is 24.2 Å². The first-order chi connectivity index (χ1) is 9.59. The SMILES string of the molecule is O=C1OC(CNc2cc(C(F)(F)F)ccc2F)CC1(F)F. The van der Waals surface area contributed by atoms with Gasteiger partial charge in [0.25, 0.3) is 0 Å². The number of esters is 1. The molecule has 1 saturated heterocycles. The summed E-state index contributed by atoms with van der Waals surface area (Å²) in [5, 5.41) is 2.24. The molecule has 1 aromatic carbocycles. The Bertz CT molecular complexity index is 557. The normalized spacial score (nSPS) is 21.2. The number of carbonyl (C=O) groups excluding carboxylic acids is 1. The summed E-state index contributed by atoms with van der Waals surface area (Å²) >= 11 is 0. The van der Waals surface area contributed by atoms with E-state index in [0.717, 1.165) is 0 Å². The van der Waals surface area contributed by atoms with Gasteiger partial charge in [-0.25, -0.2) is 9.18 Å². The number of hydrogen-bond donors (Lipinski definition) is 1. The highest BCUT2D eigenvalue weighted by Crippen LogP contribution is 2.33. The van der Waals surface area contributed by atoms with E-state index in [2.05, 4.69) is 10.1 Å². The summed E-state index contributed by atoms with van der Waals surface area (Å²) in [6.07, 6.45) is -6.79. The number of benzene rings is 1. The molecule has 0 spiro atoms. The van der Waals surface area contributed by atoms with E-state index in [4.69, 9.17) is 0 Å². The van der Waals surface area contributed by atoms with Crippen molar-refractivity contribution >= 4 is 11.7 Å². The second-order valence-electron chi connectivity index (χ2n) is 4.51. The molecule has 9 heteroatoms. The van der Waals surface area contributed by atoms with Crippen LogP contribution in [0.25, 0.3) is 0 Å². The third-order valence-corrected chi connectivity index (χ3v) is 2.87. The van der Waals surface area contributed by atoms with Crippen LogP contribution in [0.5, 0.6) is 0 Å². The van der Waals surface area contributed by atoms with E-state index in [1.54, 1.807) is 0 Å². The Labute approximate surface area is 114 Å². The van der Waals surface area contributed by atoms with Gasteiger partial charge in [-0.15, -0.1) is 0 Å². The third kappa shape index (κ3) is 3.40. The summed E-state index contributed by atoms with van der Waals surface area (Å²) in [6, 6.07) is 1.69. The van der Waals surface area contributed by atoms with Crippen molar-refractivity contribution in [2.75, 3.05) is 11.9 Å². The second-order valence-corrected chi connectivity index (χ2v) is 4.51. The van der Waals surface area contributed by atoms with Gasteiger partial charge in [0, 0.05) is 0 Å². The van der Waals surface area contributed by atoms with E-state index in [1.807, 2.05) is 0 Å². The van der Waals surface area contributed by atoms with Gasteiger partial charge in [0.15, 0.2) is 0 Å². The number of anilines is 1. The molecular formula is C12H9F6NO2. The number of cyclic esters (lactones) is 1. The first-order valence-electron chi connectivity index (χ1n) is 5.79. The minimum absolute atomic E-state index is 0.417. The molecule has 1 aromatic rings. The van der Waals surface area contributed by atoms with Crippen LogP contribution < -0.4 is 5.32 Å². The van der Waals surface area contributed by atoms with Gasteiger partial charge >= 0.3 is 18.1 Å². The lowest BCUT2D eigenvalue weighted by molar-refractivity contribution is -0.158. The fourth-order valence-corrected chi connectivity index (χ4v) is 1.82. The maximum absolute atomic E-state index is 13.4. The Balaban J connectivity index is 2.06. The zero-order valence-electron chi connectivity index (χ0n) is 10.3. The zero-order valence-corrected chi connectivity index (χ0v) is 10.3. The second kappa shape index (κ2) is 5.12. The number of rotatable bonds is 3. The summed E-state index contributed by atoms with van der Waals surface area (Å²) in [6.45, 7) is -0.417. The molecule has 21 heavy (non-hydrogen) atoms. The Morgan fingerprint density at radius 3 is 2.52 bits per heavy atom. The molecule has 0 aromatic heterocycles. The molecule has 0 aliphatic carbocycles. The van der Waals surface area contributed by atoms with E-state index < -0.39 is 54.2 Å². The molecule has 3 nitrogen and oxygen atoms in total. The van der Waals surface area contributed by atoms with Gasteiger partial charge in [0.1, 0.15) is 11.9 Å². The predicted octanol–water partition coefficient (Wildman–Crippen LogP) is 3.21. The molecule has 1 fully saturated rings. The Morgan fingerprint density at radius 1 is 1.33 bits per heavy atom. The molecule has 1 unspecified atom stereocenters. The molecule has 2 rings (SSSR count). The molecule has 1 aliphatic rings. The fraction of sp³-hybridized carbons (Fsp3) is 0.417. The van der Waals surface area contributed by atoms with E-state index in [9.17, 15) is 31.1 Å². The summed E-state index contributed by atoms with van der Waals surface area (Å²) in [7, 11) is 0. The van der Waals surface area contributed by atoms with E-state index >= 15 is 0 Å². The Hall–Kier alpha value is -1.93. The van der Waals surface area contributed by atoms with Crippen molar-refractivity contribution in [2.45, 2.75) is 24.6 Å². The molecule has 1 N–H and O–H groups in total. The first-order valence-corrected chi connectivity index (χ1v) is 5.79. The maximum Gasteiger partial charge on any atom is 0.416 e. The quantitative estimate of drug-likeness (QED) is 0.688. The van der Waals surface area contributed by atoms with Crippen LogP contribution in [0.4, 0.5) is 32.0 Å². The summed E-state index contributed by atoms with van der Waals surface area (Å²) in [4.78, 5) is 10.7. The van der Waals surface area contributed by atoms with Gasteiger partial charge in [0.2, 0.25) is 0 Å². The number of halogens is 6. The minimum atomic E-state index is -4.66. The van der Waals surface area contributed by atoms with Gasteiger partial charge < -0.3 is 10.1 Å². The summed E-state index contributed by atoms with van der Waals surface area (Å²) in [5.41, 5.74) is -1.59. The van der Waals surface area contributed by atoms with Crippen LogP contribution in [0.2, 0.25) is 0 Å². The summed E-state index contributed by atoms with van der Waals surface area (Å²) < 4.78 is 80.9. The van der Waals surface area contributed by atoms with Gasteiger partial charge in [-0.3, -0.25) is 0 Å². The smallest absolute Gasteiger partial charge is 0.416 e. The highest BCUT2D eigenvalue weighted by atomic mass is 19.4. The summed E-state index contributed by atoms with van der Waals surface area (Å²) in [5.74, 6) is -6.29. The number of nitrogens with one attached hydrogen (secondary N) is 1. The number of alkyl halides is 5. The lowest BCUT2D eigenvalue weighted by Gasteiger charge is -2.14. The van der Waals surface area contributed by atoms with Crippen molar-refractivity contribution in [3.63, 3.8) is 0 Å². The lowest BCUT2D eigenvalue weighted by Crippen LogP contribution is -2.22. The van der Waals surface area contributed by atoms with Crippen molar-refractivity contribution in [3.8, 4) is 0 Å². The highest BCUT2D eigenvalue weighted by molar-refractivity contribution is 5.79. The molecule has 0 bridgehead atoms. The molecule has 0 saturated carbocycles. The predicted molar refractivity (Wildman–Crippen MR) is 59.3 cm³/mol. The third-order valence-electron chi connectivity index (χ3n) is 2.87. The number of ether oxygens (including phenoxy) is 1. The van der Waals surface area contributed by atoms with Crippen molar-refractivity contribution in [1.29, 1.82) is 0 Å². The van der Waals surface area contributed by atoms with Crippen LogP contribution in [-0.4, -0.2) is 24.5 Å². The molecule has 1 heterocycles. The molecule has 0 radical (unpaired) electrons. The van der Waals surface area contributed by atoms with Crippen LogP contribution >= 0.6 is 0 Å². The number of hydrogen-bond acceptors (Lipinski definition) is 3. The van der Waals surface area contributed by atoms with E-state index in [0.29, 0.717) is 18.2 Å². The molecule has 1 aliphatic heterocycles. The molecule has 0 amide bonds. The minimum Gasteiger partial charge on any atom is -0.456 e. The standard InChI is InChI=1S/C12H9F6NO2/c13-8-2-1-6(12(16,17)18)3-9(8)19-5-7-4-11(14,15)10(20)21-7/h1-3,7,19H,4-5H2. The lowest BCUT2D eigenvalue weighted by atomic mass is 10.1. The zero-order chi connectivity index (χ0) is 15.8. The van der Waals surface area contributed by atoms with E-state index in [-0.39, 0.29) is 0 Å². The molecular weight excluding hydrogens is 304 g/mol. The Morgan fingerprint density at radius 2 is 2.00 bits per heavy atom. The van der Waals surface area contributed by atoms with Gasteiger partial charge in [-0.2, -0.15) is 22.0 Å². The van der Waals surface area contributed by atoms with Crippen molar-refractivity contribution in [1.82, 2.24) is 0 Å². The average molecular weight is 313 g/mol. The molecule has 116 valence electrons. The largest absolute Gasteiger partial charge is 0.456 e. The van der Waals surface area contributed by atoms with Crippen LogP contribution in [0.3, 0.4) is 0 Å². The van der Waals surface area contributed by atoms with Crippen LogP contribution in [-0.2, 0) is 15.7 Å². The average Bonchev–Trinajstić information content (AvgIpc) is 2.60. The van der Waals surface area contributed by atoms with Crippen LogP contribution in [0.1, 0.15) is 12.0 Å². The van der Waals surface area contributed by atoms with Gasteiger partial charge in [-0.1, -0.05) is 0 Å².